The molecule has 1 aromatic rings. The van der Waals surface area contributed by atoms with Crippen LogP contribution in [0, 0.1) is 0 Å². The van der Waals surface area contributed by atoms with Crippen LogP contribution in [0.1, 0.15) is 12.0 Å². The Hall–Kier alpha value is -1.39. The largest absolute Gasteiger partial charge is 0.373 e. The van der Waals surface area contributed by atoms with E-state index in [1.54, 1.807) is 0 Å². The van der Waals surface area contributed by atoms with Crippen LogP contribution in [-0.2, 0) is 16.0 Å². The molecule has 0 saturated carbocycles. The van der Waals surface area contributed by atoms with E-state index in [2.05, 4.69) is 12.1 Å². The van der Waals surface area contributed by atoms with Crippen LogP contribution in [0.15, 0.2) is 30.3 Å². The van der Waals surface area contributed by atoms with E-state index < -0.39 is 0 Å². The summed E-state index contributed by atoms with van der Waals surface area (Å²) in [5, 5.41) is 0. The molecular weight excluding hydrogens is 228 g/mol. The molecule has 1 amide bonds. The molecule has 0 aliphatic carbocycles. The molecule has 1 heterocycles. The molecule has 1 aliphatic rings. The summed E-state index contributed by atoms with van der Waals surface area (Å²) in [6.45, 7) is 2.38. The maximum atomic E-state index is 12.1. The third kappa shape index (κ3) is 3.55. The molecule has 1 saturated heterocycles. The van der Waals surface area contributed by atoms with Crippen molar-refractivity contribution >= 4 is 5.91 Å². The molecule has 2 rings (SSSR count). The van der Waals surface area contributed by atoms with Crippen LogP contribution in [0.2, 0.25) is 0 Å². The van der Waals surface area contributed by atoms with E-state index in [1.165, 1.54) is 5.56 Å². The molecule has 4 nitrogen and oxygen atoms in total. The Morgan fingerprint density at radius 3 is 2.89 bits per heavy atom. The van der Waals surface area contributed by atoms with Crippen molar-refractivity contribution in [2.45, 2.75) is 18.9 Å². The monoisotopic (exact) mass is 248 g/mol. The molecule has 1 aromatic carbocycles. The fourth-order valence-corrected chi connectivity index (χ4v) is 2.14. The van der Waals surface area contributed by atoms with Crippen molar-refractivity contribution in [3.8, 4) is 0 Å². The zero-order valence-corrected chi connectivity index (χ0v) is 10.5. The molecular formula is C14H20N2O2. The number of ether oxygens (including phenoxy) is 1. The Bertz CT molecular complexity index is 381. The topological polar surface area (TPSA) is 55.6 Å². The number of aryl methyl sites for hydroxylation is 1. The van der Waals surface area contributed by atoms with Gasteiger partial charge >= 0.3 is 0 Å². The highest BCUT2D eigenvalue weighted by atomic mass is 16.5. The molecule has 98 valence electrons. The molecule has 1 atom stereocenters. The van der Waals surface area contributed by atoms with E-state index in [9.17, 15) is 4.79 Å². The second-order valence-electron chi connectivity index (χ2n) is 4.55. The number of hydrogen-bond acceptors (Lipinski definition) is 3. The van der Waals surface area contributed by atoms with Gasteiger partial charge in [0.05, 0.1) is 12.7 Å². The first-order chi connectivity index (χ1) is 8.79. The Morgan fingerprint density at radius 1 is 1.39 bits per heavy atom. The maximum Gasteiger partial charge on any atom is 0.223 e. The fraction of sp³-hybridized carbons (Fsp3) is 0.500. The van der Waals surface area contributed by atoms with Crippen LogP contribution in [0.5, 0.6) is 0 Å². The number of amides is 1. The lowest BCUT2D eigenvalue weighted by atomic mass is 10.1. The zero-order chi connectivity index (χ0) is 12.8. The highest BCUT2D eigenvalue weighted by molar-refractivity contribution is 5.76. The number of rotatable bonds is 4. The van der Waals surface area contributed by atoms with Gasteiger partial charge in [0.1, 0.15) is 0 Å². The van der Waals surface area contributed by atoms with E-state index in [0.29, 0.717) is 32.7 Å². The summed E-state index contributed by atoms with van der Waals surface area (Å²) in [4.78, 5) is 13.9. The van der Waals surface area contributed by atoms with Crippen molar-refractivity contribution < 1.29 is 9.53 Å². The lowest BCUT2D eigenvalue weighted by molar-refractivity contribution is -0.138. The molecule has 2 N–H and O–H groups in total. The van der Waals surface area contributed by atoms with Crippen molar-refractivity contribution in [3.05, 3.63) is 35.9 Å². The van der Waals surface area contributed by atoms with Crippen LogP contribution >= 0.6 is 0 Å². The van der Waals surface area contributed by atoms with Crippen molar-refractivity contribution in [3.63, 3.8) is 0 Å². The third-order valence-corrected chi connectivity index (χ3v) is 3.22. The molecule has 1 aliphatic heterocycles. The van der Waals surface area contributed by atoms with Crippen molar-refractivity contribution in [1.82, 2.24) is 4.90 Å². The van der Waals surface area contributed by atoms with Crippen molar-refractivity contribution in [1.29, 1.82) is 0 Å². The van der Waals surface area contributed by atoms with Gasteiger partial charge in [-0.3, -0.25) is 4.79 Å². The summed E-state index contributed by atoms with van der Waals surface area (Å²) in [6, 6.07) is 10.1. The lowest BCUT2D eigenvalue weighted by Gasteiger charge is -2.32. The second kappa shape index (κ2) is 6.52. The quantitative estimate of drug-likeness (QED) is 0.857. The number of nitrogens with zero attached hydrogens (tertiary/aromatic N) is 1. The van der Waals surface area contributed by atoms with Gasteiger partial charge in [0.25, 0.3) is 0 Å². The fourth-order valence-electron chi connectivity index (χ4n) is 2.14. The van der Waals surface area contributed by atoms with E-state index in [0.717, 1.165) is 6.42 Å². The molecule has 1 fully saturated rings. The number of nitrogens with two attached hydrogens (primary N) is 1. The molecule has 4 heteroatoms. The van der Waals surface area contributed by atoms with Crippen LogP contribution in [0.25, 0.3) is 0 Å². The number of hydrogen-bond donors (Lipinski definition) is 1. The van der Waals surface area contributed by atoms with E-state index in [4.69, 9.17) is 10.5 Å². The normalized spacial score (nSPS) is 19.8. The van der Waals surface area contributed by atoms with Gasteiger partial charge in [-0.1, -0.05) is 30.3 Å². The van der Waals surface area contributed by atoms with E-state index in [1.807, 2.05) is 23.1 Å². The first-order valence-electron chi connectivity index (χ1n) is 6.43. The van der Waals surface area contributed by atoms with Crippen LogP contribution in [0.3, 0.4) is 0 Å². The number of morpholine rings is 1. The SMILES string of the molecule is NCC1CN(C(=O)CCc2ccccc2)CCO1. The van der Waals surface area contributed by atoms with Gasteiger partial charge in [0.15, 0.2) is 0 Å². The Labute approximate surface area is 108 Å². The van der Waals surface area contributed by atoms with Gasteiger partial charge in [-0.25, -0.2) is 0 Å². The first-order valence-corrected chi connectivity index (χ1v) is 6.43. The van der Waals surface area contributed by atoms with E-state index in [-0.39, 0.29) is 12.0 Å². The molecule has 0 bridgehead atoms. The predicted molar refractivity (Wildman–Crippen MR) is 70.1 cm³/mol. The molecule has 0 radical (unpaired) electrons. The van der Waals surface area contributed by atoms with Gasteiger partial charge < -0.3 is 15.4 Å². The predicted octanol–water partition coefficient (Wildman–Crippen LogP) is 0.805. The van der Waals surface area contributed by atoms with Crippen LogP contribution in [-0.4, -0.2) is 43.2 Å². The summed E-state index contributed by atoms with van der Waals surface area (Å²) < 4.78 is 5.45. The van der Waals surface area contributed by atoms with Gasteiger partial charge in [-0.2, -0.15) is 0 Å². The van der Waals surface area contributed by atoms with Gasteiger partial charge in [0, 0.05) is 26.1 Å². The van der Waals surface area contributed by atoms with Crippen LogP contribution < -0.4 is 5.73 Å². The number of carbonyl (C=O) groups excluding carboxylic acids is 1. The average molecular weight is 248 g/mol. The van der Waals surface area contributed by atoms with Crippen LogP contribution in [0.4, 0.5) is 0 Å². The smallest absolute Gasteiger partial charge is 0.223 e. The Morgan fingerprint density at radius 2 is 2.17 bits per heavy atom. The lowest BCUT2D eigenvalue weighted by Crippen LogP contribution is -2.48. The van der Waals surface area contributed by atoms with Gasteiger partial charge in [-0.05, 0) is 12.0 Å². The molecule has 1 unspecified atom stereocenters. The first kappa shape index (κ1) is 13.1. The minimum Gasteiger partial charge on any atom is -0.373 e. The maximum absolute atomic E-state index is 12.1. The van der Waals surface area contributed by atoms with Gasteiger partial charge in [0.2, 0.25) is 5.91 Å². The molecule has 0 spiro atoms. The summed E-state index contributed by atoms with van der Waals surface area (Å²) in [6.07, 6.45) is 1.35. The minimum absolute atomic E-state index is 0.000532. The standard InChI is InChI=1S/C14H20N2O2/c15-10-13-11-16(8-9-18-13)14(17)7-6-12-4-2-1-3-5-12/h1-5,13H,6-11,15H2. The highest BCUT2D eigenvalue weighted by Gasteiger charge is 2.22. The van der Waals surface area contributed by atoms with Crippen molar-refractivity contribution in [2.75, 3.05) is 26.2 Å². The average Bonchev–Trinajstić information content (AvgIpc) is 2.46. The van der Waals surface area contributed by atoms with Gasteiger partial charge in [-0.15, -0.1) is 0 Å². The summed E-state index contributed by atoms with van der Waals surface area (Å²) in [7, 11) is 0. The van der Waals surface area contributed by atoms with Crippen molar-refractivity contribution in [2.24, 2.45) is 5.73 Å². The number of benzene rings is 1. The number of carbonyl (C=O) groups is 1. The molecule has 18 heavy (non-hydrogen) atoms. The molecule has 0 aromatic heterocycles. The minimum atomic E-state index is -0.000532. The third-order valence-electron chi connectivity index (χ3n) is 3.22. The second-order valence-corrected chi connectivity index (χ2v) is 4.55. The summed E-state index contributed by atoms with van der Waals surface area (Å²) >= 11 is 0. The summed E-state index contributed by atoms with van der Waals surface area (Å²) in [5.74, 6) is 0.195. The van der Waals surface area contributed by atoms with E-state index >= 15 is 0 Å². The summed E-state index contributed by atoms with van der Waals surface area (Å²) in [5.41, 5.74) is 6.77. The zero-order valence-electron chi connectivity index (χ0n) is 10.5. The highest BCUT2D eigenvalue weighted by Crippen LogP contribution is 2.09. The Balaban J connectivity index is 1.81. The Kier molecular flexibility index (Phi) is 4.73.